The Morgan fingerprint density at radius 3 is 2.48 bits per heavy atom. The summed E-state index contributed by atoms with van der Waals surface area (Å²) in [6.07, 6.45) is 4.17. The highest BCUT2D eigenvalue weighted by molar-refractivity contribution is 5.94. The van der Waals surface area contributed by atoms with E-state index in [1.54, 1.807) is 6.20 Å². The van der Waals surface area contributed by atoms with Crippen LogP contribution in [-0.2, 0) is 0 Å². The minimum absolute atomic E-state index is 0.117. The number of aromatic nitrogens is 1. The van der Waals surface area contributed by atoms with Gasteiger partial charge in [0.15, 0.2) is 0 Å². The van der Waals surface area contributed by atoms with Gasteiger partial charge in [0.2, 0.25) is 0 Å². The van der Waals surface area contributed by atoms with Gasteiger partial charge >= 0.3 is 0 Å². The van der Waals surface area contributed by atoms with E-state index in [1.807, 2.05) is 19.1 Å². The minimum atomic E-state index is 0.117. The van der Waals surface area contributed by atoms with Crippen LogP contribution < -0.4 is 0 Å². The zero-order chi connectivity index (χ0) is 18.5. The lowest BCUT2D eigenvalue weighted by Crippen LogP contribution is -2.60. The minimum Gasteiger partial charge on any atom is -0.332 e. The van der Waals surface area contributed by atoms with Gasteiger partial charge in [0, 0.05) is 24.7 Å². The van der Waals surface area contributed by atoms with Gasteiger partial charge in [0.1, 0.15) is 5.69 Å². The quantitative estimate of drug-likeness (QED) is 0.823. The van der Waals surface area contributed by atoms with E-state index >= 15 is 0 Å². The number of amides is 1. The van der Waals surface area contributed by atoms with Gasteiger partial charge in [-0.3, -0.25) is 14.7 Å². The smallest absolute Gasteiger partial charge is 0.273 e. The lowest BCUT2D eigenvalue weighted by atomic mass is 9.75. The molecule has 2 bridgehead atoms. The van der Waals surface area contributed by atoms with Crippen LogP contribution in [0.15, 0.2) is 42.6 Å². The first-order valence-corrected chi connectivity index (χ1v) is 10.2. The van der Waals surface area contributed by atoms with Gasteiger partial charge in [-0.2, -0.15) is 0 Å². The van der Waals surface area contributed by atoms with Crippen LogP contribution in [0.3, 0.4) is 0 Å². The molecular formula is C23H27N3O. The van der Waals surface area contributed by atoms with Crippen LogP contribution in [0.1, 0.15) is 45.9 Å². The van der Waals surface area contributed by atoms with E-state index in [4.69, 9.17) is 0 Å². The molecule has 140 valence electrons. The number of aryl methyl sites for hydroxylation is 2. The molecule has 1 aromatic carbocycles. The summed E-state index contributed by atoms with van der Waals surface area (Å²) in [7, 11) is 0. The zero-order valence-electron chi connectivity index (χ0n) is 16.1. The van der Waals surface area contributed by atoms with Gasteiger partial charge < -0.3 is 4.90 Å². The van der Waals surface area contributed by atoms with Crippen LogP contribution in [0, 0.1) is 19.8 Å². The van der Waals surface area contributed by atoms with Gasteiger partial charge in [-0.25, -0.2) is 0 Å². The van der Waals surface area contributed by atoms with Gasteiger partial charge in [-0.05, 0) is 62.9 Å². The summed E-state index contributed by atoms with van der Waals surface area (Å²) in [5, 5.41) is 0. The highest BCUT2D eigenvalue weighted by Gasteiger charge is 2.54. The Morgan fingerprint density at radius 2 is 1.78 bits per heavy atom. The molecule has 0 radical (unpaired) electrons. The predicted octanol–water partition coefficient (Wildman–Crippen LogP) is 3.40. The highest BCUT2D eigenvalue weighted by atomic mass is 16.2. The average Bonchev–Trinajstić information content (AvgIpc) is 3.12. The Labute approximate surface area is 161 Å². The summed E-state index contributed by atoms with van der Waals surface area (Å²) in [6, 6.07) is 13.6. The highest BCUT2D eigenvalue weighted by Crippen LogP contribution is 2.47. The van der Waals surface area contributed by atoms with E-state index in [9.17, 15) is 4.79 Å². The second kappa shape index (κ2) is 6.45. The Kier molecular flexibility index (Phi) is 4.05. The number of carbonyl (C=O) groups is 1. The summed E-state index contributed by atoms with van der Waals surface area (Å²) in [4.78, 5) is 22.7. The van der Waals surface area contributed by atoms with Crippen molar-refractivity contribution in [3.05, 3.63) is 65.0 Å². The summed E-state index contributed by atoms with van der Waals surface area (Å²) in [5.74, 6) is 1.14. The first-order valence-electron chi connectivity index (χ1n) is 10.2. The van der Waals surface area contributed by atoms with Crippen LogP contribution in [0.2, 0.25) is 0 Å². The third-order valence-corrected chi connectivity index (χ3v) is 6.97. The molecule has 0 N–H and O–H groups in total. The Hall–Kier alpha value is -2.20. The first-order chi connectivity index (χ1) is 13.1. The fourth-order valence-electron chi connectivity index (χ4n) is 5.61. The number of nitrogens with zero attached hydrogens (tertiary/aromatic N) is 3. The van der Waals surface area contributed by atoms with Gasteiger partial charge in [0.05, 0.1) is 6.04 Å². The SMILES string of the molecule is Cc1ccc([C@@H]2CN(C(=O)c3ncccc3C)[C@@H]3C4CCN(CC4)[C@@H]32)cc1. The number of fused-ring (bicyclic) bond motifs is 2. The Morgan fingerprint density at radius 1 is 1.04 bits per heavy atom. The number of hydrogen-bond donors (Lipinski definition) is 0. The third kappa shape index (κ3) is 2.69. The molecule has 2 aromatic rings. The van der Waals surface area contributed by atoms with Crippen LogP contribution in [0.25, 0.3) is 0 Å². The lowest BCUT2D eigenvalue weighted by Gasteiger charge is -2.51. The molecule has 3 atom stereocenters. The lowest BCUT2D eigenvalue weighted by molar-refractivity contribution is -0.00360. The maximum atomic E-state index is 13.5. The van der Waals surface area contributed by atoms with Gasteiger partial charge in [0.25, 0.3) is 5.91 Å². The maximum absolute atomic E-state index is 13.5. The summed E-state index contributed by atoms with van der Waals surface area (Å²) < 4.78 is 0. The van der Waals surface area contributed by atoms with Crippen molar-refractivity contribution >= 4 is 5.91 Å². The van der Waals surface area contributed by atoms with E-state index in [0.29, 0.717) is 29.6 Å². The fraction of sp³-hybridized carbons (Fsp3) is 0.478. The standard InChI is InChI=1S/C23H27N3O/c1-15-5-7-17(8-6-15)19-14-26(23(27)20-16(2)4-3-11-24-20)21-18-9-12-25(13-10-18)22(19)21/h3-8,11,18-19,21-22H,9-10,12-14H2,1-2H3/t19-,21+,22+/m0/s1. The second-order valence-electron chi connectivity index (χ2n) is 8.50. The van der Waals surface area contributed by atoms with Crippen LogP contribution in [0.4, 0.5) is 0 Å². The molecule has 4 saturated heterocycles. The molecule has 27 heavy (non-hydrogen) atoms. The molecule has 4 nitrogen and oxygen atoms in total. The number of piperidine rings is 3. The van der Waals surface area contributed by atoms with Gasteiger partial charge in [-0.1, -0.05) is 35.9 Å². The summed E-state index contributed by atoms with van der Waals surface area (Å²) >= 11 is 0. The van der Waals surface area contributed by atoms with Gasteiger partial charge in [-0.15, -0.1) is 0 Å². The monoisotopic (exact) mass is 361 g/mol. The van der Waals surface area contributed by atoms with Crippen molar-refractivity contribution in [1.29, 1.82) is 0 Å². The van der Waals surface area contributed by atoms with Crippen molar-refractivity contribution in [3.8, 4) is 0 Å². The molecule has 0 aliphatic carbocycles. The average molecular weight is 361 g/mol. The molecule has 4 heteroatoms. The number of benzene rings is 1. The summed E-state index contributed by atoms with van der Waals surface area (Å²) in [6.45, 7) is 7.28. The molecule has 4 aliphatic rings. The molecule has 0 unspecified atom stereocenters. The molecular weight excluding hydrogens is 334 g/mol. The number of carbonyl (C=O) groups excluding carboxylic acids is 1. The van der Waals surface area contributed by atoms with Crippen LogP contribution >= 0.6 is 0 Å². The fourth-order valence-corrected chi connectivity index (χ4v) is 5.61. The van der Waals surface area contributed by atoms with Crippen molar-refractivity contribution in [2.45, 2.75) is 44.7 Å². The van der Waals surface area contributed by atoms with Crippen molar-refractivity contribution in [3.63, 3.8) is 0 Å². The van der Waals surface area contributed by atoms with Crippen LogP contribution in [0.5, 0.6) is 0 Å². The molecule has 1 amide bonds. The topological polar surface area (TPSA) is 36.4 Å². The third-order valence-electron chi connectivity index (χ3n) is 6.97. The van der Waals surface area contributed by atoms with Crippen molar-refractivity contribution in [1.82, 2.24) is 14.8 Å². The van der Waals surface area contributed by atoms with E-state index in [2.05, 4.69) is 46.0 Å². The van der Waals surface area contributed by atoms with E-state index in [-0.39, 0.29) is 5.91 Å². The van der Waals surface area contributed by atoms with Crippen LogP contribution in [-0.4, -0.2) is 52.4 Å². The number of rotatable bonds is 2. The normalized spacial score (nSPS) is 31.8. The molecule has 5 heterocycles. The largest absolute Gasteiger partial charge is 0.332 e. The van der Waals surface area contributed by atoms with Crippen molar-refractivity contribution in [2.75, 3.05) is 19.6 Å². The Bertz CT molecular complexity index is 854. The molecule has 4 aliphatic heterocycles. The second-order valence-corrected chi connectivity index (χ2v) is 8.50. The zero-order valence-corrected chi connectivity index (χ0v) is 16.1. The number of hydrogen-bond acceptors (Lipinski definition) is 3. The van der Waals surface area contributed by atoms with Crippen molar-refractivity contribution in [2.24, 2.45) is 5.92 Å². The van der Waals surface area contributed by atoms with E-state index in [0.717, 1.165) is 12.1 Å². The predicted molar refractivity (Wildman–Crippen MR) is 106 cm³/mol. The molecule has 0 spiro atoms. The molecule has 4 fully saturated rings. The molecule has 1 aromatic heterocycles. The number of likely N-dealkylation sites (tertiary alicyclic amines) is 1. The van der Waals surface area contributed by atoms with Crippen molar-refractivity contribution < 1.29 is 4.79 Å². The Balaban J connectivity index is 1.53. The summed E-state index contributed by atoms with van der Waals surface area (Å²) in [5.41, 5.74) is 4.25. The van der Waals surface area contributed by atoms with E-state index < -0.39 is 0 Å². The maximum Gasteiger partial charge on any atom is 0.273 e. The number of pyridine rings is 1. The first kappa shape index (κ1) is 16.9. The van der Waals surface area contributed by atoms with E-state index in [1.165, 1.54) is 37.1 Å². The molecule has 6 rings (SSSR count). The molecule has 0 saturated carbocycles.